The number of rotatable bonds is 6. The van der Waals surface area contributed by atoms with Gasteiger partial charge in [-0.05, 0) is 55.8 Å². The summed E-state index contributed by atoms with van der Waals surface area (Å²) in [7, 11) is 2.14. The van der Waals surface area contributed by atoms with Gasteiger partial charge in [0.1, 0.15) is 11.6 Å². The molecule has 0 saturated heterocycles. The predicted octanol–water partition coefficient (Wildman–Crippen LogP) is 3.78. The first-order valence-electron chi connectivity index (χ1n) is 10.2. The van der Waals surface area contributed by atoms with Gasteiger partial charge in [0, 0.05) is 48.6 Å². The lowest BCUT2D eigenvalue weighted by Gasteiger charge is -2.26. The highest BCUT2D eigenvalue weighted by atomic mass is 19.1. The minimum Gasteiger partial charge on any atom is -0.342 e. The zero-order chi connectivity index (χ0) is 20.5. The molecule has 0 radical (unpaired) electrons. The molecule has 5 heteroatoms. The summed E-state index contributed by atoms with van der Waals surface area (Å²) < 4.78 is 15.8. The van der Waals surface area contributed by atoms with Crippen LogP contribution in [0.2, 0.25) is 0 Å². The van der Waals surface area contributed by atoms with E-state index >= 15 is 0 Å². The zero-order valence-corrected chi connectivity index (χ0v) is 17.1. The van der Waals surface area contributed by atoms with E-state index < -0.39 is 0 Å². The number of Topliss-reactive ketones (excluding diaryl/α,β-unsaturated/α-hetero) is 1. The molecular formula is C24H28FN3O. The van der Waals surface area contributed by atoms with Gasteiger partial charge in [0.05, 0.1) is 6.54 Å². The number of ketones is 1. The second-order valence-electron chi connectivity index (χ2n) is 8.24. The first kappa shape index (κ1) is 19.8. The molecule has 1 aliphatic rings. The average molecular weight is 394 g/mol. The van der Waals surface area contributed by atoms with Gasteiger partial charge in [0.15, 0.2) is 0 Å². The van der Waals surface area contributed by atoms with Crippen LogP contribution in [0.25, 0.3) is 10.9 Å². The van der Waals surface area contributed by atoms with Gasteiger partial charge in [-0.25, -0.2) is 4.39 Å². The Bertz CT molecular complexity index is 1040. The average Bonchev–Trinajstić information content (AvgIpc) is 3.00. The molecule has 0 spiro atoms. The highest BCUT2D eigenvalue weighted by Gasteiger charge is 2.25. The SMILES string of the molecule is Cc1ccc2c(c1)c1c(n2CC(CC(=O)CN)c2ccc(F)cc2)CN(C)CC1. The number of benzene rings is 2. The van der Waals surface area contributed by atoms with Crippen molar-refractivity contribution in [1.29, 1.82) is 0 Å². The molecule has 29 heavy (non-hydrogen) atoms. The van der Waals surface area contributed by atoms with E-state index in [4.69, 9.17) is 5.73 Å². The molecule has 1 aliphatic heterocycles. The molecule has 152 valence electrons. The molecule has 1 unspecified atom stereocenters. The lowest BCUT2D eigenvalue weighted by atomic mass is 9.93. The van der Waals surface area contributed by atoms with Gasteiger partial charge in [0.2, 0.25) is 0 Å². The van der Waals surface area contributed by atoms with Crippen molar-refractivity contribution in [3.05, 3.63) is 70.7 Å². The number of carbonyl (C=O) groups excluding carboxylic acids is 1. The van der Waals surface area contributed by atoms with Crippen LogP contribution in [0.5, 0.6) is 0 Å². The summed E-state index contributed by atoms with van der Waals surface area (Å²) in [4.78, 5) is 14.6. The molecule has 3 aromatic rings. The molecule has 0 amide bonds. The van der Waals surface area contributed by atoms with E-state index in [1.807, 2.05) is 0 Å². The van der Waals surface area contributed by atoms with Crippen LogP contribution < -0.4 is 5.73 Å². The quantitative estimate of drug-likeness (QED) is 0.693. The number of hydrogen-bond donors (Lipinski definition) is 1. The first-order chi connectivity index (χ1) is 14.0. The normalized spacial score (nSPS) is 15.4. The van der Waals surface area contributed by atoms with E-state index in [1.165, 1.54) is 39.9 Å². The van der Waals surface area contributed by atoms with Crippen molar-refractivity contribution >= 4 is 16.7 Å². The van der Waals surface area contributed by atoms with Crippen molar-refractivity contribution in [1.82, 2.24) is 9.47 Å². The highest BCUT2D eigenvalue weighted by molar-refractivity contribution is 5.87. The maximum atomic E-state index is 13.5. The van der Waals surface area contributed by atoms with Gasteiger partial charge < -0.3 is 15.2 Å². The van der Waals surface area contributed by atoms with Crippen molar-refractivity contribution in [2.75, 3.05) is 20.1 Å². The molecular weight excluding hydrogens is 365 g/mol. The molecule has 4 rings (SSSR count). The molecule has 2 aromatic carbocycles. The Kier molecular flexibility index (Phi) is 5.52. The third-order valence-electron chi connectivity index (χ3n) is 6.05. The van der Waals surface area contributed by atoms with Crippen molar-refractivity contribution in [3.8, 4) is 0 Å². The second-order valence-corrected chi connectivity index (χ2v) is 8.24. The number of halogens is 1. The number of fused-ring (bicyclic) bond motifs is 3. The Balaban J connectivity index is 1.80. The van der Waals surface area contributed by atoms with Gasteiger partial charge in [-0.15, -0.1) is 0 Å². The number of aryl methyl sites for hydroxylation is 1. The molecule has 2 N–H and O–H groups in total. The Morgan fingerprint density at radius 3 is 2.69 bits per heavy atom. The van der Waals surface area contributed by atoms with E-state index in [0.717, 1.165) is 25.1 Å². The Hall–Kier alpha value is -2.50. The summed E-state index contributed by atoms with van der Waals surface area (Å²) in [5.74, 6) is -0.281. The van der Waals surface area contributed by atoms with Crippen LogP contribution in [0.15, 0.2) is 42.5 Å². The Labute approximate surface area is 171 Å². The van der Waals surface area contributed by atoms with E-state index in [0.29, 0.717) is 13.0 Å². The zero-order valence-electron chi connectivity index (χ0n) is 17.1. The summed E-state index contributed by atoms with van der Waals surface area (Å²) in [5, 5.41) is 1.32. The molecule has 1 atom stereocenters. The summed E-state index contributed by atoms with van der Waals surface area (Å²) in [6.45, 7) is 4.78. The molecule has 4 nitrogen and oxygen atoms in total. The lowest BCUT2D eigenvalue weighted by molar-refractivity contribution is -0.118. The number of nitrogens with zero attached hydrogens (tertiary/aromatic N) is 2. The van der Waals surface area contributed by atoms with Crippen molar-refractivity contribution in [2.45, 2.75) is 38.8 Å². The van der Waals surface area contributed by atoms with E-state index in [9.17, 15) is 9.18 Å². The van der Waals surface area contributed by atoms with Crippen molar-refractivity contribution in [3.63, 3.8) is 0 Å². The van der Waals surface area contributed by atoms with Crippen LogP contribution in [0.3, 0.4) is 0 Å². The summed E-state index contributed by atoms with van der Waals surface area (Å²) in [6.07, 6.45) is 1.39. The number of nitrogens with two attached hydrogens (primary N) is 1. The van der Waals surface area contributed by atoms with Gasteiger partial charge in [-0.3, -0.25) is 4.79 Å². The van der Waals surface area contributed by atoms with E-state index in [1.54, 1.807) is 12.1 Å². The van der Waals surface area contributed by atoms with Crippen LogP contribution in [0, 0.1) is 12.7 Å². The summed E-state index contributed by atoms with van der Waals surface area (Å²) in [6, 6.07) is 13.1. The predicted molar refractivity (Wildman–Crippen MR) is 115 cm³/mol. The van der Waals surface area contributed by atoms with Crippen LogP contribution in [0.1, 0.15) is 34.7 Å². The van der Waals surface area contributed by atoms with Gasteiger partial charge in [0.25, 0.3) is 0 Å². The first-order valence-corrected chi connectivity index (χ1v) is 10.2. The van der Waals surface area contributed by atoms with E-state index in [-0.39, 0.29) is 24.1 Å². The Morgan fingerprint density at radius 1 is 1.21 bits per heavy atom. The lowest BCUT2D eigenvalue weighted by Crippen LogP contribution is -2.28. The molecule has 1 aromatic heterocycles. The number of carbonyl (C=O) groups is 1. The topological polar surface area (TPSA) is 51.3 Å². The molecule has 2 heterocycles. The van der Waals surface area contributed by atoms with E-state index in [2.05, 4.69) is 41.6 Å². The van der Waals surface area contributed by atoms with Crippen molar-refractivity contribution in [2.24, 2.45) is 5.73 Å². The maximum Gasteiger partial charge on any atom is 0.147 e. The van der Waals surface area contributed by atoms with Crippen LogP contribution >= 0.6 is 0 Å². The molecule has 0 aliphatic carbocycles. The van der Waals surface area contributed by atoms with Crippen LogP contribution in [-0.4, -0.2) is 35.4 Å². The minimum absolute atomic E-state index is 0.0256. The van der Waals surface area contributed by atoms with Crippen LogP contribution in [-0.2, 0) is 24.3 Å². The summed E-state index contributed by atoms with van der Waals surface area (Å²) in [5.41, 5.74) is 11.8. The number of hydrogen-bond acceptors (Lipinski definition) is 3. The molecule has 0 fully saturated rings. The van der Waals surface area contributed by atoms with Gasteiger partial charge in [-0.1, -0.05) is 23.8 Å². The third-order valence-corrected chi connectivity index (χ3v) is 6.05. The van der Waals surface area contributed by atoms with Crippen LogP contribution in [0.4, 0.5) is 4.39 Å². The minimum atomic E-state index is -0.265. The smallest absolute Gasteiger partial charge is 0.147 e. The second kappa shape index (κ2) is 8.09. The standard InChI is InChI=1S/C24H28FN3O/c1-16-3-8-23-22(11-16)21-9-10-27(2)15-24(21)28(23)14-18(12-20(29)13-26)17-4-6-19(25)7-5-17/h3-8,11,18H,9-10,12-15,26H2,1-2H3. The number of likely N-dealkylation sites (N-methyl/N-ethyl adjacent to an activating group) is 1. The fourth-order valence-electron chi connectivity index (χ4n) is 4.50. The fraction of sp³-hybridized carbons (Fsp3) is 0.375. The fourth-order valence-corrected chi connectivity index (χ4v) is 4.50. The largest absolute Gasteiger partial charge is 0.342 e. The highest BCUT2D eigenvalue weighted by Crippen LogP contribution is 2.34. The monoisotopic (exact) mass is 393 g/mol. The van der Waals surface area contributed by atoms with Gasteiger partial charge >= 0.3 is 0 Å². The Morgan fingerprint density at radius 2 is 1.97 bits per heavy atom. The van der Waals surface area contributed by atoms with Crippen molar-refractivity contribution < 1.29 is 9.18 Å². The van der Waals surface area contributed by atoms with Gasteiger partial charge in [-0.2, -0.15) is 0 Å². The third kappa shape index (κ3) is 3.98. The summed E-state index contributed by atoms with van der Waals surface area (Å²) >= 11 is 0. The number of aromatic nitrogens is 1. The maximum absolute atomic E-state index is 13.5. The molecule has 0 bridgehead atoms. The molecule has 0 saturated carbocycles.